The molecule has 12 heavy (non-hydrogen) atoms. The third kappa shape index (κ3) is 7.26. The maximum atomic E-state index is 11.0. The smallest absolute Gasteiger partial charge is 0.177 e. The molecular weight excluding hydrogens is 148 g/mol. The van der Waals surface area contributed by atoms with Crippen molar-refractivity contribution in [2.75, 3.05) is 0 Å². The van der Waals surface area contributed by atoms with Gasteiger partial charge in [-0.25, -0.2) is 0 Å². The Bertz CT molecular complexity index is 148. The Morgan fingerprint density at radius 3 is 1.75 bits per heavy atom. The second-order valence-corrected chi connectivity index (χ2v) is 2.78. The number of hydrogen-bond donors (Lipinski definition) is 0. The summed E-state index contributed by atoms with van der Waals surface area (Å²) >= 11 is 0. The molecule has 0 aromatic rings. The Kier molecular flexibility index (Phi) is 7.66. The fourth-order valence-corrected chi connectivity index (χ4v) is 0.788. The van der Waals surface area contributed by atoms with Crippen molar-refractivity contribution < 1.29 is 4.79 Å². The molecule has 0 atom stereocenters. The summed E-state index contributed by atoms with van der Waals surface area (Å²) in [7, 11) is 0. The summed E-state index contributed by atoms with van der Waals surface area (Å²) < 4.78 is 0. The second-order valence-electron chi connectivity index (χ2n) is 2.78. The topological polar surface area (TPSA) is 17.1 Å². The third-order valence-corrected chi connectivity index (χ3v) is 1.47. The molecule has 0 aromatic heterocycles. The molecule has 0 N–H and O–H groups in total. The van der Waals surface area contributed by atoms with Crippen molar-refractivity contribution in [1.29, 1.82) is 0 Å². The summed E-state index contributed by atoms with van der Waals surface area (Å²) in [6.45, 7) is 4.20. The fourth-order valence-electron chi connectivity index (χ4n) is 0.788. The average molecular weight is 166 g/mol. The van der Waals surface area contributed by atoms with Gasteiger partial charge in [-0.1, -0.05) is 38.8 Å². The number of unbranched alkanes of at least 4 members (excludes halogenated alkanes) is 2. The lowest BCUT2D eigenvalue weighted by molar-refractivity contribution is -0.110. The molecule has 0 spiro atoms. The minimum atomic E-state index is 0.108. The predicted molar refractivity (Wildman–Crippen MR) is 53.1 cm³/mol. The van der Waals surface area contributed by atoms with E-state index in [4.69, 9.17) is 0 Å². The van der Waals surface area contributed by atoms with Crippen molar-refractivity contribution in [3.63, 3.8) is 0 Å². The van der Waals surface area contributed by atoms with Crippen molar-refractivity contribution in [3.8, 4) is 0 Å². The van der Waals surface area contributed by atoms with E-state index in [1.165, 1.54) is 0 Å². The molecule has 1 heteroatoms. The zero-order valence-corrected chi connectivity index (χ0v) is 8.05. The van der Waals surface area contributed by atoms with Crippen LogP contribution in [-0.2, 0) is 4.79 Å². The predicted octanol–water partition coefficient (Wildman–Crippen LogP) is 3.27. The van der Waals surface area contributed by atoms with E-state index < -0.39 is 0 Å². The van der Waals surface area contributed by atoms with Crippen LogP contribution >= 0.6 is 0 Å². The number of carbonyl (C=O) groups is 1. The fraction of sp³-hybridized carbons (Fsp3) is 0.545. The van der Waals surface area contributed by atoms with E-state index >= 15 is 0 Å². The molecular formula is C11H18O. The van der Waals surface area contributed by atoms with Crippen LogP contribution in [0, 0.1) is 0 Å². The zero-order chi connectivity index (χ0) is 9.23. The highest BCUT2D eigenvalue weighted by Gasteiger charge is 1.85. The molecule has 0 bridgehead atoms. The molecule has 0 aliphatic rings. The van der Waals surface area contributed by atoms with Crippen LogP contribution < -0.4 is 0 Å². The van der Waals surface area contributed by atoms with Gasteiger partial charge in [-0.2, -0.15) is 0 Å². The standard InChI is InChI=1S/C11H18O/c1-3-5-7-9-11(12)10-8-6-4-2/h7-10H,3-6H2,1-2H3/b9-7+,10-8+. The summed E-state index contributed by atoms with van der Waals surface area (Å²) in [5.41, 5.74) is 0. The van der Waals surface area contributed by atoms with Gasteiger partial charge in [0, 0.05) is 0 Å². The molecule has 68 valence electrons. The first-order valence-corrected chi connectivity index (χ1v) is 4.68. The van der Waals surface area contributed by atoms with Gasteiger partial charge in [0.15, 0.2) is 5.78 Å². The molecule has 0 unspecified atom stereocenters. The number of rotatable bonds is 6. The van der Waals surface area contributed by atoms with E-state index in [0.29, 0.717) is 0 Å². The van der Waals surface area contributed by atoms with Crippen molar-refractivity contribution in [1.82, 2.24) is 0 Å². The molecule has 0 aliphatic heterocycles. The van der Waals surface area contributed by atoms with E-state index in [2.05, 4.69) is 13.8 Å². The van der Waals surface area contributed by atoms with Crippen molar-refractivity contribution in [3.05, 3.63) is 24.3 Å². The lowest BCUT2D eigenvalue weighted by atomic mass is 10.2. The Morgan fingerprint density at radius 2 is 1.42 bits per heavy atom. The Hall–Kier alpha value is -0.850. The number of ketones is 1. The van der Waals surface area contributed by atoms with Crippen molar-refractivity contribution in [2.45, 2.75) is 39.5 Å². The first kappa shape index (κ1) is 11.2. The van der Waals surface area contributed by atoms with Gasteiger partial charge in [-0.05, 0) is 25.0 Å². The van der Waals surface area contributed by atoms with Crippen molar-refractivity contribution in [2.24, 2.45) is 0 Å². The van der Waals surface area contributed by atoms with Gasteiger partial charge >= 0.3 is 0 Å². The van der Waals surface area contributed by atoms with Crippen LogP contribution in [0.4, 0.5) is 0 Å². The maximum absolute atomic E-state index is 11.0. The molecule has 0 saturated heterocycles. The highest BCUT2D eigenvalue weighted by molar-refractivity contribution is 5.99. The number of hydrogen-bond acceptors (Lipinski definition) is 1. The molecule has 0 rings (SSSR count). The van der Waals surface area contributed by atoms with Crippen molar-refractivity contribution >= 4 is 5.78 Å². The molecule has 0 radical (unpaired) electrons. The summed E-state index contributed by atoms with van der Waals surface area (Å²) in [5, 5.41) is 0. The van der Waals surface area contributed by atoms with Gasteiger partial charge in [-0.15, -0.1) is 0 Å². The maximum Gasteiger partial charge on any atom is 0.177 e. The Labute approximate surface area is 75.2 Å². The highest BCUT2D eigenvalue weighted by Crippen LogP contribution is 1.92. The van der Waals surface area contributed by atoms with E-state index in [-0.39, 0.29) is 5.78 Å². The number of allylic oxidation sites excluding steroid dienone is 4. The minimum Gasteiger partial charge on any atom is -0.290 e. The van der Waals surface area contributed by atoms with Crippen LogP contribution in [0.2, 0.25) is 0 Å². The van der Waals surface area contributed by atoms with Crippen LogP contribution in [-0.4, -0.2) is 5.78 Å². The summed E-state index contributed by atoms with van der Waals surface area (Å²) in [4.78, 5) is 11.0. The molecule has 0 saturated carbocycles. The van der Waals surface area contributed by atoms with Crippen LogP contribution in [0.5, 0.6) is 0 Å². The number of carbonyl (C=O) groups excluding carboxylic acids is 1. The Balaban J connectivity index is 3.58. The van der Waals surface area contributed by atoms with Crippen LogP contribution in [0.3, 0.4) is 0 Å². The van der Waals surface area contributed by atoms with Gasteiger partial charge in [-0.3, -0.25) is 4.79 Å². The van der Waals surface area contributed by atoms with Crippen LogP contribution in [0.15, 0.2) is 24.3 Å². The van der Waals surface area contributed by atoms with Crippen LogP contribution in [0.1, 0.15) is 39.5 Å². The summed E-state index contributed by atoms with van der Waals surface area (Å²) in [5.74, 6) is 0.108. The largest absolute Gasteiger partial charge is 0.290 e. The first-order chi connectivity index (χ1) is 5.81. The molecule has 0 aliphatic carbocycles. The van der Waals surface area contributed by atoms with E-state index in [1.54, 1.807) is 12.2 Å². The highest BCUT2D eigenvalue weighted by atomic mass is 16.1. The average Bonchev–Trinajstić information content (AvgIpc) is 2.06. The van der Waals surface area contributed by atoms with Gasteiger partial charge in [0.2, 0.25) is 0 Å². The summed E-state index contributed by atoms with van der Waals surface area (Å²) in [6.07, 6.45) is 11.3. The van der Waals surface area contributed by atoms with Gasteiger partial charge in [0.1, 0.15) is 0 Å². The summed E-state index contributed by atoms with van der Waals surface area (Å²) in [6, 6.07) is 0. The lowest BCUT2D eigenvalue weighted by Crippen LogP contribution is -1.84. The normalized spacial score (nSPS) is 11.5. The third-order valence-electron chi connectivity index (χ3n) is 1.47. The van der Waals surface area contributed by atoms with E-state index in [9.17, 15) is 4.79 Å². The van der Waals surface area contributed by atoms with Crippen LogP contribution in [0.25, 0.3) is 0 Å². The quantitative estimate of drug-likeness (QED) is 0.553. The van der Waals surface area contributed by atoms with E-state index in [0.717, 1.165) is 25.7 Å². The first-order valence-electron chi connectivity index (χ1n) is 4.68. The zero-order valence-electron chi connectivity index (χ0n) is 8.05. The van der Waals surface area contributed by atoms with Gasteiger partial charge in [0.25, 0.3) is 0 Å². The molecule has 1 nitrogen and oxygen atoms in total. The molecule has 0 fully saturated rings. The Morgan fingerprint density at radius 1 is 1.00 bits per heavy atom. The molecule has 0 aromatic carbocycles. The minimum absolute atomic E-state index is 0.108. The second kappa shape index (κ2) is 8.25. The van der Waals surface area contributed by atoms with E-state index in [1.807, 2.05) is 12.2 Å². The monoisotopic (exact) mass is 166 g/mol. The molecule has 0 amide bonds. The lowest BCUT2D eigenvalue weighted by Gasteiger charge is -1.85. The van der Waals surface area contributed by atoms with Gasteiger partial charge < -0.3 is 0 Å². The SMILES string of the molecule is CCC/C=C/C(=O)/C=C/CCC. The van der Waals surface area contributed by atoms with Gasteiger partial charge in [0.05, 0.1) is 0 Å². The molecule has 0 heterocycles.